The first kappa shape index (κ1) is 10.3. The highest BCUT2D eigenvalue weighted by Gasteiger charge is 2.13. The first-order valence-electron chi connectivity index (χ1n) is 4.97. The van der Waals surface area contributed by atoms with Crippen LogP contribution in [0.5, 0.6) is 0 Å². The summed E-state index contributed by atoms with van der Waals surface area (Å²) in [4.78, 5) is 0. The van der Waals surface area contributed by atoms with Gasteiger partial charge in [0, 0.05) is 6.92 Å². The van der Waals surface area contributed by atoms with Crippen LogP contribution >= 0.6 is 12.6 Å². The number of thiol groups is 1. The van der Waals surface area contributed by atoms with Crippen LogP contribution in [0.15, 0.2) is 41.7 Å². The Kier molecular flexibility index (Phi) is 2.82. The molecule has 0 bridgehead atoms. The number of aromatic nitrogens is 2. The quantitative estimate of drug-likeness (QED) is 0.584. The molecule has 2 rings (SSSR count). The Labute approximate surface area is 95.6 Å². The molecule has 0 fully saturated rings. The first-order chi connectivity index (χ1) is 7.18. The summed E-state index contributed by atoms with van der Waals surface area (Å²) in [6, 6.07) is 10.4. The van der Waals surface area contributed by atoms with E-state index in [0.29, 0.717) is 0 Å². The zero-order chi connectivity index (χ0) is 10.8. The normalized spacial score (nSPS) is 10.6. The number of aryl methyl sites for hydroxylation is 1. The molecular weight excluding hydrogens is 204 g/mol. The first-order valence-corrected chi connectivity index (χ1v) is 5.42. The SMILES string of the molecule is Cc1c[n+](Cc2ccccc2)c(S)n1C. The van der Waals surface area contributed by atoms with Crippen LogP contribution in [0.25, 0.3) is 0 Å². The molecule has 0 aliphatic carbocycles. The molecule has 1 heterocycles. The average molecular weight is 219 g/mol. The fourth-order valence-corrected chi connectivity index (χ4v) is 1.90. The zero-order valence-corrected chi connectivity index (χ0v) is 9.91. The van der Waals surface area contributed by atoms with Gasteiger partial charge in [-0.15, -0.1) is 0 Å². The number of imidazole rings is 1. The van der Waals surface area contributed by atoms with E-state index in [0.717, 1.165) is 11.7 Å². The Bertz CT molecular complexity index is 460. The average Bonchev–Trinajstić information content (AvgIpc) is 2.48. The predicted molar refractivity (Wildman–Crippen MR) is 63.1 cm³/mol. The molecule has 0 aliphatic heterocycles. The van der Waals surface area contributed by atoms with E-state index in [-0.39, 0.29) is 0 Å². The van der Waals surface area contributed by atoms with Crippen molar-refractivity contribution in [1.29, 1.82) is 0 Å². The molecule has 0 saturated carbocycles. The van der Waals surface area contributed by atoms with Crippen molar-refractivity contribution < 1.29 is 4.57 Å². The van der Waals surface area contributed by atoms with Crippen molar-refractivity contribution in [2.24, 2.45) is 7.05 Å². The second-order valence-electron chi connectivity index (χ2n) is 3.74. The van der Waals surface area contributed by atoms with Crippen LogP contribution in [0.2, 0.25) is 0 Å². The van der Waals surface area contributed by atoms with Crippen molar-refractivity contribution in [3.8, 4) is 0 Å². The molecule has 2 aromatic rings. The van der Waals surface area contributed by atoms with Crippen molar-refractivity contribution in [3.05, 3.63) is 47.8 Å². The fourth-order valence-electron chi connectivity index (χ4n) is 1.62. The molecule has 15 heavy (non-hydrogen) atoms. The van der Waals surface area contributed by atoms with Gasteiger partial charge in [-0.3, -0.25) is 0 Å². The van der Waals surface area contributed by atoms with Gasteiger partial charge in [0.1, 0.15) is 18.4 Å². The minimum atomic E-state index is 0.876. The van der Waals surface area contributed by atoms with Gasteiger partial charge in [0.15, 0.2) is 0 Å². The molecule has 1 aromatic heterocycles. The van der Waals surface area contributed by atoms with E-state index in [4.69, 9.17) is 0 Å². The Balaban J connectivity index is 2.29. The van der Waals surface area contributed by atoms with E-state index in [1.54, 1.807) is 0 Å². The number of rotatable bonds is 2. The number of benzene rings is 1. The van der Waals surface area contributed by atoms with E-state index in [1.807, 2.05) is 13.1 Å². The summed E-state index contributed by atoms with van der Waals surface area (Å²) in [6.07, 6.45) is 2.12. The van der Waals surface area contributed by atoms with Crippen LogP contribution < -0.4 is 4.57 Å². The van der Waals surface area contributed by atoms with Gasteiger partial charge in [0.05, 0.1) is 7.05 Å². The summed E-state index contributed by atoms with van der Waals surface area (Å²) >= 11 is 4.49. The van der Waals surface area contributed by atoms with Crippen molar-refractivity contribution >= 4 is 12.6 Å². The summed E-state index contributed by atoms with van der Waals surface area (Å²) in [5, 5.41) is 0.983. The Morgan fingerprint density at radius 3 is 2.47 bits per heavy atom. The van der Waals surface area contributed by atoms with Crippen molar-refractivity contribution in [2.75, 3.05) is 0 Å². The van der Waals surface area contributed by atoms with Gasteiger partial charge in [0.25, 0.3) is 0 Å². The van der Waals surface area contributed by atoms with Crippen LogP contribution in [-0.2, 0) is 13.6 Å². The molecule has 2 nitrogen and oxygen atoms in total. The van der Waals surface area contributed by atoms with Crippen molar-refractivity contribution in [2.45, 2.75) is 18.6 Å². The lowest BCUT2D eigenvalue weighted by molar-refractivity contribution is -0.725. The van der Waals surface area contributed by atoms with Gasteiger partial charge in [-0.25, -0.2) is 9.13 Å². The van der Waals surface area contributed by atoms with Gasteiger partial charge in [-0.2, -0.15) is 0 Å². The van der Waals surface area contributed by atoms with E-state index < -0.39 is 0 Å². The lowest BCUT2D eigenvalue weighted by Gasteiger charge is -1.98. The highest BCUT2D eigenvalue weighted by atomic mass is 32.1. The summed E-state index contributed by atoms with van der Waals surface area (Å²) < 4.78 is 4.22. The maximum Gasteiger partial charge on any atom is 0.315 e. The number of nitrogens with zero attached hydrogens (tertiary/aromatic N) is 2. The van der Waals surface area contributed by atoms with Crippen LogP contribution in [0.4, 0.5) is 0 Å². The minimum absolute atomic E-state index is 0.876. The molecule has 0 unspecified atom stereocenters. The Morgan fingerprint density at radius 1 is 1.27 bits per heavy atom. The van der Waals surface area contributed by atoms with Gasteiger partial charge in [-0.05, 0) is 5.56 Å². The van der Waals surface area contributed by atoms with E-state index in [1.165, 1.54) is 11.3 Å². The standard InChI is InChI=1S/C12H14N2S/c1-10-8-14(12(15)13(10)2)9-11-6-4-3-5-7-11/h3-8H,9H2,1-2H3/p+1. The third-order valence-corrected chi connectivity index (χ3v) is 3.18. The van der Waals surface area contributed by atoms with Gasteiger partial charge in [-0.1, -0.05) is 43.0 Å². The van der Waals surface area contributed by atoms with Crippen LogP contribution in [-0.4, -0.2) is 4.57 Å². The highest BCUT2D eigenvalue weighted by molar-refractivity contribution is 7.80. The molecule has 0 N–H and O–H groups in total. The Morgan fingerprint density at radius 2 is 1.93 bits per heavy atom. The lowest BCUT2D eigenvalue weighted by atomic mass is 10.2. The zero-order valence-electron chi connectivity index (χ0n) is 9.01. The van der Waals surface area contributed by atoms with Crippen LogP contribution in [0.3, 0.4) is 0 Å². The number of hydrogen-bond donors (Lipinski definition) is 1. The molecule has 0 saturated heterocycles. The number of hydrogen-bond acceptors (Lipinski definition) is 1. The predicted octanol–water partition coefficient (Wildman–Crippen LogP) is 1.96. The molecule has 3 heteroatoms. The second-order valence-corrected chi connectivity index (χ2v) is 4.14. The smallest absolute Gasteiger partial charge is 0.225 e. The molecule has 0 aliphatic rings. The van der Waals surface area contributed by atoms with Gasteiger partial charge >= 0.3 is 5.16 Å². The third-order valence-electron chi connectivity index (χ3n) is 2.62. The van der Waals surface area contributed by atoms with E-state index >= 15 is 0 Å². The topological polar surface area (TPSA) is 8.81 Å². The summed E-state index contributed by atoms with van der Waals surface area (Å²) in [7, 11) is 2.03. The molecule has 0 spiro atoms. The van der Waals surface area contributed by atoms with Gasteiger partial charge < -0.3 is 0 Å². The molecule has 0 radical (unpaired) electrons. The summed E-state index contributed by atoms with van der Waals surface area (Å²) in [5.41, 5.74) is 2.51. The largest absolute Gasteiger partial charge is 0.315 e. The minimum Gasteiger partial charge on any atom is -0.225 e. The third kappa shape index (κ3) is 2.07. The highest BCUT2D eigenvalue weighted by Crippen LogP contribution is 2.05. The van der Waals surface area contributed by atoms with E-state index in [9.17, 15) is 0 Å². The Hall–Kier alpha value is -1.22. The van der Waals surface area contributed by atoms with Crippen molar-refractivity contribution in [3.63, 3.8) is 0 Å². The fraction of sp³-hybridized carbons (Fsp3) is 0.250. The molecule has 78 valence electrons. The monoisotopic (exact) mass is 219 g/mol. The summed E-state index contributed by atoms with van der Waals surface area (Å²) in [5.74, 6) is 0. The maximum atomic E-state index is 4.49. The molecular formula is C12H15N2S+. The van der Waals surface area contributed by atoms with Crippen molar-refractivity contribution in [1.82, 2.24) is 4.57 Å². The molecule has 0 amide bonds. The van der Waals surface area contributed by atoms with Crippen LogP contribution in [0, 0.1) is 6.92 Å². The second kappa shape index (κ2) is 4.11. The molecule has 0 atom stereocenters. The maximum absolute atomic E-state index is 4.49. The lowest BCUT2D eigenvalue weighted by Crippen LogP contribution is -2.34. The molecule has 1 aromatic carbocycles. The van der Waals surface area contributed by atoms with Crippen LogP contribution in [0.1, 0.15) is 11.3 Å². The van der Waals surface area contributed by atoms with E-state index in [2.05, 4.69) is 59.1 Å². The summed E-state index contributed by atoms with van der Waals surface area (Å²) in [6.45, 7) is 2.96. The van der Waals surface area contributed by atoms with Gasteiger partial charge in [0.2, 0.25) is 0 Å².